The SMILES string of the molecule is C#Cc1ccc(OCCCCCCCC)cc1F. The summed E-state index contributed by atoms with van der Waals surface area (Å²) in [6, 6.07) is 4.65. The summed E-state index contributed by atoms with van der Waals surface area (Å²) in [4.78, 5) is 0. The van der Waals surface area contributed by atoms with E-state index in [0.717, 1.165) is 6.42 Å². The van der Waals surface area contributed by atoms with Gasteiger partial charge in [-0.05, 0) is 18.6 Å². The van der Waals surface area contributed by atoms with Gasteiger partial charge in [-0.1, -0.05) is 44.9 Å². The molecule has 0 heterocycles. The Bertz CT molecular complexity index is 393. The first-order valence-corrected chi connectivity index (χ1v) is 6.67. The molecule has 0 saturated carbocycles. The number of halogens is 1. The number of ether oxygens (including phenoxy) is 1. The van der Waals surface area contributed by atoms with Gasteiger partial charge >= 0.3 is 0 Å². The lowest BCUT2D eigenvalue weighted by molar-refractivity contribution is 0.303. The number of unbranched alkanes of at least 4 members (excludes halogenated alkanes) is 5. The van der Waals surface area contributed by atoms with Gasteiger partial charge in [0.15, 0.2) is 0 Å². The summed E-state index contributed by atoms with van der Waals surface area (Å²) in [6.45, 7) is 2.85. The predicted octanol–water partition coefficient (Wildman–Crippen LogP) is 4.55. The highest BCUT2D eigenvalue weighted by Gasteiger charge is 2.01. The quantitative estimate of drug-likeness (QED) is 0.484. The number of hydrogen-bond donors (Lipinski definition) is 0. The average Bonchev–Trinajstić information content (AvgIpc) is 2.38. The molecule has 0 spiro atoms. The molecule has 0 amide bonds. The van der Waals surface area contributed by atoms with Crippen LogP contribution in [0.15, 0.2) is 18.2 Å². The van der Waals surface area contributed by atoms with Crippen molar-refractivity contribution >= 4 is 0 Å². The zero-order valence-electron chi connectivity index (χ0n) is 11.0. The third kappa shape index (κ3) is 5.23. The molecule has 0 radical (unpaired) electrons. The minimum absolute atomic E-state index is 0.280. The molecule has 1 aromatic rings. The molecule has 0 unspecified atom stereocenters. The fourth-order valence-corrected chi connectivity index (χ4v) is 1.78. The maximum Gasteiger partial charge on any atom is 0.142 e. The van der Waals surface area contributed by atoms with Crippen LogP contribution in [0.4, 0.5) is 4.39 Å². The summed E-state index contributed by atoms with van der Waals surface area (Å²) in [5.41, 5.74) is 0.280. The fourth-order valence-electron chi connectivity index (χ4n) is 1.78. The van der Waals surface area contributed by atoms with E-state index < -0.39 is 5.82 Å². The Kier molecular flexibility index (Phi) is 6.94. The van der Waals surface area contributed by atoms with Gasteiger partial charge in [0.05, 0.1) is 12.2 Å². The molecule has 0 N–H and O–H groups in total. The van der Waals surface area contributed by atoms with Crippen LogP contribution >= 0.6 is 0 Å². The molecule has 1 nitrogen and oxygen atoms in total. The van der Waals surface area contributed by atoms with Gasteiger partial charge in [-0.25, -0.2) is 4.39 Å². The molecule has 0 bridgehead atoms. The van der Waals surface area contributed by atoms with Crippen LogP contribution < -0.4 is 4.74 Å². The minimum Gasteiger partial charge on any atom is -0.493 e. The highest BCUT2D eigenvalue weighted by Crippen LogP contribution is 2.16. The zero-order valence-corrected chi connectivity index (χ0v) is 11.0. The molecule has 0 aliphatic heterocycles. The second-order valence-corrected chi connectivity index (χ2v) is 4.40. The van der Waals surface area contributed by atoms with E-state index in [2.05, 4.69) is 12.8 Å². The second kappa shape index (κ2) is 8.58. The third-order valence-electron chi connectivity index (χ3n) is 2.86. The lowest BCUT2D eigenvalue weighted by atomic mass is 10.1. The van der Waals surface area contributed by atoms with Crippen LogP contribution in [0, 0.1) is 18.2 Å². The van der Waals surface area contributed by atoms with Gasteiger partial charge in [0.25, 0.3) is 0 Å². The Morgan fingerprint density at radius 2 is 1.89 bits per heavy atom. The van der Waals surface area contributed by atoms with Gasteiger partial charge in [-0.2, -0.15) is 0 Å². The first kappa shape index (κ1) is 14.6. The summed E-state index contributed by atoms with van der Waals surface area (Å²) < 4.78 is 18.8. The maximum atomic E-state index is 13.3. The number of benzene rings is 1. The Morgan fingerprint density at radius 1 is 1.17 bits per heavy atom. The van der Waals surface area contributed by atoms with Crippen molar-refractivity contribution in [2.75, 3.05) is 6.61 Å². The molecule has 18 heavy (non-hydrogen) atoms. The average molecular weight is 248 g/mol. The fraction of sp³-hybridized carbons (Fsp3) is 0.500. The van der Waals surface area contributed by atoms with Crippen molar-refractivity contribution in [1.29, 1.82) is 0 Å². The number of terminal acetylenes is 1. The topological polar surface area (TPSA) is 9.23 Å². The molecule has 0 fully saturated rings. The lowest BCUT2D eigenvalue weighted by Crippen LogP contribution is -1.98. The van der Waals surface area contributed by atoms with E-state index in [1.165, 1.54) is 38.2 Å². The molecular formula is C16H21FO. The van der Waals surface area contributed by atoms with E-state index >= 15 is 0 Å². The Hall–Kier alpha value is -1.49. The van der Waals surface area contributed by atoms with E-state index in [1.807, 2.05) is 0 Å². The van der Waals surface area contributed by atoms with E-state index in [4.69, 9.17) is 11.2 Å². The van der Waals surface area contributed by atoms with Gasteiger partial charge in [-0.3, -0.25) is 0 Å². The Labute approximate surface area is 109 Å². The van der Waals surface area contributed by atoms with Crippen molar-refractivity contribution in [2.24, 2.45) is 0 Å². The predicted molar refractivity (Wildman–Crippen MR) is 73.2 cm³/mol. The van der Waals surface area contributed by atoms with E-state index in [9.17, 15) is 4.39 Å². The van der Waals surface area contributed by atoms with Crippen molar-refractivity contribution in [2.45, 2.75) is 45.4 Å². The molecule has 0 aromatic heterocycles. The van der Waals surface area contributed by atoms with Crippen LogP contribution in [0.2, 0.25) is 0 Å². The van der Waals surface area contributed by atoms with Crippen LogP contribution in [-0.4, -0.2) is 6.61 Å². The Balaban J connectivity index is 2.20. The third-order valence-corrected chi connectivity index (χ3v) is 2.86. The van der Waals surface area contributed by atoms with E-state index in [-0.39, 0.29) is 5.56 Å². The van der Waals surface area contributed by atoms with Crippen LogP contribution in [0.5, 0.6) is 5.75 Å². The molecule has 0 saturated heterocycles. The standard InChI is InChI=1S/C16H21FO/c1-3-5-6-7-8-9-12-18-15-11-10-14(4-2)16(17)13-15/h2,10-11,13H,3,5-9,12H2,1H3. The molecule has 2 heteroatoms. The molecule has 0 atom stereocenters. The lowest BCUT2D eigenvalue weighted by Gasteiger charge is -2.06. The second-order valence-electron chi connectivity index (χ2n) is 4.40. The first-order valence-electron chi connectivity index (χ1n) is 6.67. The minimum atomic E-state index is -0.391. The van der Waals surface area contributed by atoms with Crippen LogP contribution in [0.25, 0.3) is 0 Å². The van der Waals surface area contributed by atoms with E-state index in [1.54, 1.807) is 12.1 Å². The van der Waals surface area contributed by atoms with Crippen LogP contribution in [-0.2, 0) is 0 Å². The molecule has 0 aliphatic carbocycles. The molecule has 1 aromatic carbocycles. The monoisotopic (exact) mass is 248 g/mol. The smallest absolute Gasteiger partial charge is 0.142 e. The normalized spacial score (nSPS) is 10.1. The van der Waals surface area contributed by atoms with Crippen molar-refractivity contribution in [3.05, 3.63) is 29.6 Å². The highest BCUT2D eigenvalue weighted by molar-refractivity contribution is 5.38. The summed E-state index contributed by atoms with van der Waals surface area (Å²) in [7, 11) is 0. The summed E-state index contributed by atoms with van der Waals surface area (Å²) in [5.74, 6) is 2.45. The van der Waals surface area contributed by atoms with Gasteiger partial charge in [0.1, 0.15) is 11.6 Å². The molecular weight excluding hydrogens is 227 g/mol. The highest BCUT2D eigenvalue weighted by atomic mass is 19.1. The first-order chi connectivity index (χ1) is 8.77. The van der Waals surface area contributed by atoms with Crippen LogP contribution in [0.1, 0.15) is 51.0 Å². The van der Waals surface area contributed by atoms with Crippen molar-refractivity contribution < 1.29 is 9.13 Å². The van der Waals surface area contributed by atoms with Gasteiger partial charge in [-0.15, -0.1) is 6.42 Å². The van der Waals surface area contributed by atoms with Crippen molar-refractivity contribution in [3.8, 4) is 18.1 Å². The van der Waals surface area contributed by atoms with Gasteiger partial charge < -0.3 is 4.74 Å². The largest absolute Gasteiger partial charge is 0.493 e. The number of rotatable bonds is 8. The number of hydrogen-bond acceptors (Lipinski definition) is 1. The van der Waals surface area contributed by atoms with Crippen molar-refractivity contribution in [3.63, 3.8) is 0 Å². The van der Waals surface area contributed by atoms with E-state index in [0.29, 0.717) is 12.4 Å². The van der Waals surface area contributed by atoms with Crippen molar-refractivity contribution in [1.82, 2.24) is 0 Å². The molecule has 0 aliphatic rings. The van der Waals surface area contributed by atoms with Crippen LogP contribution in [0.3, 0.4) is 0 Å². The summed E-state index contributed by atoms with van der Waals surface area (Å²) >= 11 is 0. The molecule has 98 valence electrons. The van der Waals surface area contributed by atoms with Gasteiger partial charge in [0, 0.05) is 6.07 Å². The molecule has 1 rings (SSSR count). The zero-order chi connectivity index (χ0) is 13.2. The maximum absolute atomic E-state index is 13.3. The summed E-state index contributed by atoms with van der Waals surface area (Å²) in [6.07, 6.45) is 12.4. The Morgan fingerprint density at radius 3 is 2.56 bits per heavy atom. The summed E-state index contributed by atoms with van der Waals surface area (Å²) in [5, 5.41) is 0. The van der Waals surface area contributed by atoms with Gasteiger partial charge in [0.2, 0.25) is 0 Å².